The molecule has 8 heteroatoms. The molecular formula is C11H13N7O. The van der Waals surface area contributed by atoms with Gasteiger partial charge < -0.3 is 5.84 Å². The van der Waals surface area contributed by atoms with E-state index in [1.807, 2.05) is 30.3 Å². The first-order valence-corrected chi connectivity index (χ1v) is 5.41. The number of benzene rings is 1. The lowest BCUT2D eigenvalue weighted by Crippen LogP contribution is -2.45. The zero-order chi connectivity index (χ0) is 13.7. The summed E-state index contributed by atoms with van der Waals surface area (Å²) in [5.41, 5.74) is 3.99. The number of aromatic amines is 1. The predicted molar refractivity (Wildman–Crippen MR) is 70.4 cm³/mol. The summed E-state index contributed by atoms with van der Waals surface area (Å²) in [4.78, 5) is 11.8. The van der Waals surface area contributed by atoms with Crippen molar-refractivity contribution in [1.29, 1.82) is 0 Å². The van der Waals surface area contributed by atoms with Crippen molar-refractivity contribution in [1.82, 2.24) is 20.9 Å². The van der Waals surface area contributed by atoms with Crippen molar-refractivity contribution in [3.63, 3.8) is 0 Å². The highest BCUT2D eigenvalue weighted by molar-refractivity contribution is 6.04. The summed E-state index contributed by atoms with van der Waals surface area (Å²) >= 11 is 0. The molecule has 0 aliphatic carbocycles. The van der Waals surface area contributed by atoms with Crippen LogP contribution in [-0.2, 0) is 0 Å². The molecule has 0 unspecified atom stereocenters. The molecule has 0 radical (unpaired) electrons. The number of nitrogens with two attached hydrogens (primary N) is 2. The second-order valence-electron chi connectivity index (χ2n) is 3.61. The number of aromatic nitrogens is 2. The third-order valence-corrected chi connectivity index (χ3v) is 2.39. The molecule has 0 aliphatic heterocycles. The minimum absolute atomic E-state index is 0.0409. The number of amides is 1. The van der Waals surface area contributed by atoms with E-state index in [9.17, 15) is 4.79 Å². The highest BCUT2D eigenvalue weighted by Crippen LogP contribution is 2.16. The van der Waals surface area contributed by atoms with Gasteiger partial charge >= 0.3 is 0 Å². The number of guanidine groups is 1. The van der Waals surface area contributed by atoms with Gasteiger partial charge in [-0.25, -0.2) is 5.84 Å². The Labute approximate surface area is 108 Å². The molecule has 0 bridgehead atoms. The van der Waals surface area contributed by atoms with Crippen LogP contribution in [0.15, 0.2) is 41.5 Å². The zero-order valence-electron chi connectivity index (χ0n) is 9.92. The van der Waals surface area contributed by atoms with Gasteiger partial charge in [-0.2, -0.15) is 5.10 Å². The van der Waals surface area contributed by atoms with E-state index in [4.69, 9.17) is 11.7 Å². The summed E-state index contributed by atoms with van der Waals surface area (Å²) in [6.07, 6.45) is 0. The van der Waals surface area contributed by atoms with Gasteiger partial charge in [-0.15, -0.1) is 5.10 Å². The molecule has 1 amide bonds. The van der Waals surface area contributed by atoms with Crippen LogP contribution in [0.1, 0.15) is 10.5 Å². The van der Waals surface area contributed by atoms with Crippen molar-refractivity contribution in [2.45, 2.75) is 0 Å². The summed E-state index contributed by atoms with van der Waals surface area (Å²) in [5, 5.41) is 12.3. The van der Waals surface area contributed by atoms with E-state index in [0.717, 1.165) is 5.56 Å². The van der Waals surface area contributed by atoms with Gasteiger partial charge in [0.25, 0.3) is 5.91 Å². The lowest BCUT2D eigenvalue weighted by molar-refractivity contribution is 0.0971. The van der Waals surface area contributed by atoms with Crippen molar-refractivity contribution in [3.8, 4) is 11.3 Å². The topological polar surface area (TPSA) is 134 Å². The van der Waals surface area contributed by atoms with Crippen molar-refractivity contribution in [3.05, 3.63) is 42.1 Å². The van der Waals surface area contributed by atoms with Gasteiger partial charge in [-0.3, -0.25) is 20.6 Å². The zero-order valence-corrected chi connectivity index (χ0v) is 9.92. The molecule has 1 aromatic heterocycles. The number of hydrazone groups is 1. The van der Waals surface area contributed by atoms with Gasteiger partial charge in [0.15, 0.2) is 0 Å². The number of carbonyl (C=O) groups excluding carboxylic acids is 1. The number of hydrazine groups is 1. The van der Waals surface area contributed by atoms with Crippen LogP contribution >= 0.6 is 0 Å². The number of hydrogen-bond acceptors (Lipinski definition) is 5. The summed E-state index contributed by atoms with van der Waals surface area (Å²) in [7, 11) is 0. The molecule has 98 valence electrons. The molecule has 2 aromatic rings. The van der Waals surface area contributed by atoms with Gasteiger partial charge in [0.05, 0.1) is 5.69 Å². The maximum absolute atomic E-state index is 11.8. The van der Waals surface area contributed by atoms with E-state index in [2.05, 4.69) is 26.0 Å². The molecule has 2 rings (SSSR count). The molecule has 7 N–H and O–H groups in total. The first-order chi connectivity index (χ1) is 9.24. The summed E-state index contributed by atoms with van der Waals surface area (Å²) in [6.45, 7) is 0. The number of hydrogen-bond donors (Lipinski definition) is 5. The Hall–Kier alpha value is -2.87. The molecular weight excluding hydrogens is 246 g/mol. The smallest absolute Gasteiger partial charge is 0.276 e. The highest BCUT2D eigenvalue weighted by atomic mass is 16.2. The van der Waals surface area contributed by atoms with Crippen LogP contribution in [0.5, 0.6) is 0 Å². The van der Waals surface area contributed by atoms with Crippen LogP contribution in [0, 0.1) is 0 Å². The van der Waals surface area contributed by atoms with Crippen LogP contribution in [0.3, 0.4) is 0 Å². The highest BCUT2D eigenvalue weighted by Gasteiger charge is 2.12. The van der Waals surface area contributed by atoms with Crippen LogP contribution in [0.25, 0.3) is 11.3 Å². The third-order valence-electron chi connectivity index (χ3n) is 2.39. The maximum Gasteiger partial charge on any atom is 0.276 e. The van der Waals surface area contributed by atoms with Gasteiger partial charge in [0, 0.05) is 5.56 Å². The molecule has 0 fully saturated rings. The average Bonchev–Trinajstić information content (AvgIpc) is 2.95. The minimum atomic E-state index is -0.447. The Kier molecular flexibility index (Phi) is 3.74. The normalized spacial score (nSPS) is 11.1. The lowest BCUT2D eigenvalue weighted by atomic mass is 10.1. The summed E-state index contributed by atoms with van der Waals surface area (Å²) in [5.74, 6) is 9.63. The summed E-state index contributed by atoms with van der Waals surface area (Å²) in [6, 6.07) is 11.1. The van der Waals surface area contributed by atoms with Gasteiger partial charge in [0.2, 0.25) is 5.96 Å². The quantitative estimate of drug-likeness (QED) is 0.214. The molecule has 0 aliphatic rings. The molecule has 8 nitrogen and oxygen atoms in total. The molecule has 1 aromatic carbocycles. The molecule has 0 saturated heterocycles. The van der Waals surface area contributed by atoms with Crippen LogP contribution in [-0.4, -0.2) is 22.1 Å². The Bertz CT molecular complexity index is 590. The van der Waals surface area contributed by atoms with E-state index >= 15 is 0 Å². The van der Waals surface area contributed by atoms with Crippen molar-refractivity contribution >= 4 is 11.9 Å². The van der Waals surface area contributed by atoms with E-state index in [1.165, 1.54) is 0 Å². The van der Waals surface area contributed by atoms with Gasteiger partial charge in [0.1, 0.15) is 5.69 Å². The SMILES string of the molecule is N/N=C(\NN)NC(=O)c1cc(-c2ccccc2)n[nH]1. The van der Waals surface area contributed by atoms with Gasteiger partial charge in [-0.1, -0.05) is 30.3 Å². The molecule has 0 saturated carbocycles. The minimum Gasteiger partial charge on any atom is -0.320 e. The fraction of sp³-hybridized carbons (Fsp3) is 0. The van der Waals surface area contributed by atoms with E-state index in [0.29, 0.717) is 5.69 Å². The molecule has 0 spiro atoms. The average molecular weight is 259 g/mol. The maximum atomic E-state index is 11.8. The second kappa shape index (κ2) is 5.65. The predicted octanol–water partition coefficient (Wildman–Crippen LogP) is -0.500. The standard InChI is InChI=1S/C11H13N7O/c12-15-11(16-13)14-10(19)9-6-8(17-18-9)7-4-2-1-3-5-7/h1-6H,12-13H2,(H,17,18)(H2,14,15,16,19). The monoisotopic (exact) mass is 259 g/mol. The van der Waals surface area contributed by atoms with Crippen LogP contribution in [0.2, 0.25) is 0 Å². The van der Waals surface area contributed by atoms with E-state index in [1.54, 1.807) is 6.07 Å². The largest absolute Gasteiger partial charge is 0.320 e. The Morgan fingerprint density at radius 1 is 1.32 bits per heavy atom. The van der Waals surface area contributed by atoms with Crippen LogP contribution < -0.4 is 22.4 Å². The number of nitrogens with one attached hydrogen (secondary N) is 3. The number of carbonyl (C=O) groups is 1. The third kappa shape index (κ3) is 2.87. The lowest BCUT2D eigenvalue weighted by Gasteiger charge is -2.03. The number of rotatable bonds is 2. The Morgan fingerprint density at radius 2 is 2.05 bits per heavy atom. The molecule has 0 atom stereocenters. The van der Waals surface area contributed by atoms with E-state index in [-0.39, 0.29) is 11.7 Å². The number of H-pyrrole nitrogens is 1. The first kappa shape index (κ1) is 12.6. The van der Waals surface area contributed by atoms with Crippen molar-refractivity contribution in [2.75, 3.05) is 0 Å². The van der Waals surface area contributed by atoms with E-state index < -0.39 is 5.91 Å². The number of nitrogens with zero attached hydrogens (tertiary/aromatic N) is 2. The Morgan fingerprint density at radius 3 is 2.68 bits per heavy atom. The summed E-state index contributed by atoms with van der Waals surface area (Å²) < 4.78 is 0. The molecule has 19 heavy (non-hydrogen) atoms. The van der Waals surface area contributed by atoms with Crippen LogP contribution in [0.4, 0.5) is 0 Å². The fourth-order valence-corrected chi connectivity index (χ4v) is 1.48. The van der Waals surface area contributed by atoms with Gasteiger partial charge in [-0.05, 0) is 6.07 Å². The fourth-order valence-electron chi connectivity index (χ4n) is 1.48. The first-order valence-electron chi connectivity index (χ1n) is 5.41. The second-order valence-corrected chi connectivity index (χ2v) is 3.61. The van der Waals surface area contributed by atoms with Crippen molar-refractivity contribution in [2.24, 2.45) is 16.8 Å². The van der Waals surface area contributed by atoms with Crippen molar-refractivity contribution < 1.29 is 4.79 Å². The molecule has 1 heterocycles. The Balaban J connectivity index is 2.15.